The Morgan fingerprint density at radius 1 is 1.75 bits per heavy atom. The van der Waals surface area contributed by atoms with Gasteiger partial charge in [0.05, 0.1) is 0 Å². The fourth-order valence-corrected chi connectivity index (χ4v) is 1.30. The lowest BCUT2D eigenvalue weighted by Crippen LogP contribution is -2.12. The van der Waals surface area contributed by atoms with E-state index in [9.17, 15) is 0 Å². The molecule has 0 spiro atoms. The molecular weight excluding hydrogens is 118 g/mol. The van der Waals surface area contributed by atoms with Crippen molar-refractivity contribution in [2.24, 2.45) is 0 Å². The number of hydrogen-bond donors (Lipinski definition) is 0. The molecule has 0 fully saturated rings. The van der Waals surface area contributed by atoms with Crippen molar-refractivity contribution in [3.05, 3.63) is 11.0 Å². The first-order valence-electron chi connectivity index (χ1n) is 2.82. The number of rotatable bonds is 0. The Kier molecular flexibility index (Phi) is 1.97. The van der Waals surface area contributed by atoms with Gasteiger partial charge in [-0.3, -0.25) is 0 Å². The molecule has 2 heteroatoms. The summed E-state index contributed by atoms with van der Waals surface area (Å²) < 4.78 is 2.24. The maximum absolute atomic E-state index is 2.24. The van der Waals surface area contributed by atoms with Crippen LogP contribution >= 0.6 is 11.9 Å². The summed E-state index contributed by atoms with van der Waals surface area (Å²) in [5.41, 5.74) is 1.51. The fourth-order valence-electron chi connectivity index (χ4n) is 0.625. The van der Waals surface area contributed by atoms with E-state index in [1.807, 2.05) is 0 Å². The molecule has 0 saturated heterocycles. The van der Waals surface area contributed by atoms with Crippen LogP contribution in [0.2, 0.25) is 0 Å². The minimum atomic E-state index is 1.20. The normalized spacial score (nSPS) is 23.0. The van der Waals surface area contributed by atoms with E-state index in [1.54, 1.807) is 11.9 Å². The van der Waals surface area contributed by atoms with Crippen LogP contribution in [-0.4, -0.2) is 17.9 Å². The van der Waals surface area contributed by atoms with Crippen LogP contribution in [0.3, 0.4) is 0 Å². The van der Waals surface area contributed by atoms with Gasteiger partial charge in [-0.15, -0.1) is 0 Å². The molecule has 1 heterocycles. The van der Waals surface area contributed by atoms with Crippen LogP contribution in [0.4, 0.5) is 0 Å². The number of nitrogens with zero attached hydrogens (tertiary/aromatic N) is 1. The van der Waals surface area contributed by atoms with E-state index in [0.717, 1.165) is 0 Å². The Morgan fingerprint density at radius 3 is 2.88 bits per heavy atom. The van der Waals surface area contributed by atoms with Crippen LogP contribution in [-0.2, 0) is 0 Å². The van der Waals surface area contributed by atoms with Gasteiger partial charge in [-0.05, 0) is 25.8 Å². The van der Waals surface area contributed by atoms with Crippen molar-refractivity contribution < 1.29 is 0 Å². The van der Waals surface area contributed by atoms with Crippen molar-refractivity contribution >= 4 is 11.9 Å². The maximum atomic E-state index is 2.24. The van der Waals surface area contributed by atoms with Gasteiger partial charge >= 0.3 is 0 Å². The zero-order valence-electron chi connectivity index (χ0n) is 5.35. The third kappa shape index (κ3) is 1.53. The molecule has 0 bridgehead atoms. The van der Waals surface area contributed by atoms with Crippen LogP contribution in [0.5, 0.6) is 0 Å². The van der Waals surface area contributed by atoms with Gasteiger partial charge in [-0.25, -0.2) is 4.31 Å². The molecule has 0 aromatic rings. The Labute approximate surface area is 54.9 Å². The minimum Gasteiger partial charge on any atom is -0.250 e. The third-order valence-corrected chi connectivity index (χ3v) is 2.31. The van der Waals surface area contributed by atoms with E-state index in [-0.39, 0.29) is 0 Å². The van der Waals surface area contributed by atoms with Gasteiger partial charge < -0.3 is 0 Å². The highest BCUT2D eigenvalue weighted by atomic mass is 32.2. The molecule has 0 saturated carbocycles. The summed E-state index contributed by atoms with van der Waals surface area (Å²) in [6, 6.07) is 0. The van der Waals surface area contributed by atoms with Gasteiger partial charge in [0.2, 0.25) is 0 Å². The van der Waals surface area contributed by atoms with Gasteiger partial charge in [0.25, 0.3) is 0 Å². The lowest BCUT2D eigenvalue weighted by atomic mass is 10.2. The summed E-state index contributed by atoms with van der Waals surface area (Å²) in [5.74, 6) is 0. The Morgan fingerprint density at radius 2 is 2.50 bits per heavy atom. The maximum Gasteiger partial charge on any atom is 0.0127 e. The molecule has 8 heavy (non-hydrogen) atoms. The molecule has 46 valence electrons. The fraction of sp³-hybridized carbons (Fsp3) is 0.667. The van der Waals surface area contributed by atoms with Gasteiger partial charge in [-0.2, -0.15) is 0 Å². The average Bonchev–Trinajstić information content (AvgIpc) is 1.77. The molecule has 0 aliphatic carbocycles. The second-order valence-corrected chi connectivity index (χ2v) is 3.24. The summed E-state index contributed by atoms with van der Waals surface area (Å²) in [4.78, 5) is 0. The van der Waals surface area contributed by atoms with Crippen LogP contribution in [0, 0.1) is 0 Å². The van der Waals surface area contributed by atoms with E-state index in [0.29, 0.717) is 0 Å². The van der Waals surface area contributed by atoms with Crippen molar-refractivity contribution in [2.75, 3.05) is 13.6 Å². The van der Waals surface area contributed by atoms with Crippen LogP contribution in [0.25, 0.3) is 0 Å². The van der Waals surface area contributed by atoms with Crippen molar-refractivity contribution in [3.8, 4) is 0 Å². The Hall–Kier alpha value is 0.0500. The van der Waals surface area contributed by atoms with E-state index in [1.165, 1.54) is 18.5 Å². The lowest BCUT2D eigenvalue weighted by molar-refractivity contribution is 0.563. The highest BCUT2D eigenvalue weighted by Crippen LogP contribution is 2.19. The van der Waals surface area contributed by atoms with Crippen molar-refractivity contribution in [3.63, 3.8) is 0 Å². The summed E-state index contributed by atoms with van der Waals surface area (Å²) >= 11 is 1.80. The third-order valence-electron chi connectivity index (χ3n) is 1.25. The molecule has 1 nitrogen and oxygen atoms in total. The van der Waals surface area contributed by atoms with Crippen molar-refractivity contribution in [2.45, 2.75) is 13.3 Å². The molecule has 0 N–H and O–H groups in total. The van der Waals surface area contributed by atoms with Gasteiger partial charge in [0.15, 0.2) is 0 Å². The van der Waals surface area contributed by atoms with Gasteiger partial charge in [0.1, 0.15) is 0 Å². The molecular formula is C6H11NS. The zero-order chi connectivity index (χ0) is 5.98. The smallest absolute Gasteiger partial charge is 0.0127 e. The van der Waals surface area contributed by atoms with Crippen molar-refractivity contribution in [1.82, 2.24) is 4.31 Å². The monoisotopic (exact) mass is 129 g/mol. The molecule has 0 atom stereocenters. The van der Waals surface area contributed by atoms with E-state index in [4.69, 9.17) is 0 Å². The van der Waals surface area contributed by atoms with Gasteiger partial charge in [0, 0.05) is 6.54 Å². The van der Waals surface area contributed by atoms with E-state index < -0.39 is 0 Å². The second-order valence-electron chi connectivity index (χ2n) is 2.17. The highest BCUT2D eigenvalue weighted by molar-refractivity contribution is 7.99. The SMILES string of the molecule is CC1=CSN(C)CC1. The molecule has 0 aromatic carbocycles. The first-order chi connectivity index (χ1) is 3.79. The largest absolute Gasteiger partial charge is 0.250 e. The minimum absolute atomic E-state index is 1.20. The van der Waals surface area contributed by atoms with Crippen LogP contribution in [0.15, 0.2) is 11.0 Å². The summed E-state index contributed by atoms with van der Waals surface area (Å²) in [6.07, 6.45) is 1.24. The zero-order valence-corrected chi connectivity index (χ0v) is 6.16. The number of hydrogen-bond acceptors (Lipinski definition) is 2. The standard InChI is InChI=1S/C6H11NS/c1-6-3-4-7(2)8-5-6/h5H,3-4H2,1-2H3. The van der Waals surface area contributed by atoms with E-state index in [2.05, 4.69) is 23.7 Å². The Bertz CT molecular complexity index is 109. The average molecular weight is 129 g/mol. The molecule has 1 rings (SSSR count). The second kappa shape index (κ2) is 2.55. The summed E-state index contributed by atoms with van der Waals surface area (Å²) in [7, 11) is 2.12. The first kappa shape index (κ1) is 6.17. The molecule has 0 radical (unpaired) electrons. The topological polar surface area (TPSA) is 3.24 Å². The highest BCUT2D eigenvalue weighted by Gasteiger charge is 2.02. The molecule has 0 aromatic heterocycles. The molecule has 0 amide bonds. The Balaban J connectivity index is 2.42. The van der Waals surface area contributed by atoms with Crippen LogP contribution < -0.4 is 0 Å². The predicted octanol–water partition coefficient (Wildman–Crippen LogP) is 1.87. The lowest BCUT2D eigenvalue weighted by Gasteiger charge is -2.17. The first-order valence-corrected chi connectivity index (χ1v) is 3.66. The molecule has 0 unspecified atom stereocenters. The van der Waals surface area contributed by atoms with Crippen LogP contribution in [0.1, 0.15) is 13.3 Å². The van der Waals surface area contributed by atoms with Gasteiger partial charge in [-0.1, -0.05) is 17.5 Å². The summed E-state index contributed by atoms with van der Waals surface area (Å²) in [5, 5.41) is 2.21. The predicted molar refractivity (Wildman–Crippen MR) is 38.6 cm³/mol. The summed E-state index contributed by atoms with van der Waals surface area (Å²) in [6.45, 7) is 3.38. The molecule has 1 aliphatic heterocycles. The quantitative estimate of drug-likeness (QED) is 0.459. The van der Waals surface area contributed by atoms with Crippen molar-refractivity contribution in [1.29, 1.82) is 0 Å². The van der Waals surface area contributed by atoms with E-state index >= 15 is 0 Å². The molecule has 1 aliphatic rings.